The number of hydrogen-bond acceptors (Lipinski definition) is 6. The first-order valence-electron chi connectivity index (χ1n) is 8.09. The lowest BCUT2D eigenvalue weighted by Gasteiger charge is -2.28. The predicted molar refractivity (Wildman–Crippen MR) is 109 cm³/mol. The maximum atomic E-state index is 13.2. The van der Waals surface area contributed by atoms with Crippen LogP contribution < -0.4 is 9.44 Å². The van der Waals surface area contributed by atoms with Crippen LogP contribution in [0.3, 0.4) is 0 Å². The zero-order valence-corrected chi connectivity index (χ0v) is 17.0. The van der Waals surface area contributed by atoms with Crippen molar-refractivity contribution in [1.29, 1.82) is 0 Å². The van der Waals surface area contributed by atoms with Gasteiger partial charge in [0.2, 0.25) is 0 Å². The molecule has 3 aliphatic rings. The van der Waals surface area contributed by atoms with Crippen molar-refractivity contribution in [3.05, 3.63) is 64.0 Å². The maximum absolute atomic E-state index is 13.2. The topological polar surface area (TPSA) is 64.7 Å². The second kappa shape index (κ2) is 7.19. The fourth-order valence-corrected chi connectivity index (χ4v) is 5.55. The molecule has 0 radical (unpaired) electrons. The smallest absolute Gasteiger partial charge is 0.264 e. The molecule has 3 heterocycles. The summed E-state index contributed by atoms with van der Waals surface area (Å²) >= 11 is 1.35. The van der Waals surface area contributed by atoms with E-state index in [9.17, 15) is 8.42 Å². The standard InChI is InChI=1S/C17H20N4O2S2.ClH/c1-12-6-9-21-16(10-18-24-21)17(12)25(22,23)19-15-5-3-4-13-7-8-20(2)11-14(13)15;/h3-6,9-10,18-19H,7-8,11H2,1-2H3;1H. The van der Waals surface area contributed by atoms with Gasteiger partial charge in [-0.25, -0.2) is 8.42 Å². The van der Waals surface area contributed by atoms with E-state index in [2.05, 4.69) is 27.5 Å². The van der Waals surface area contributed by atoms with Gasteiger partial charge in [-0.2, -0.15) is 0 Å². The van der Waals surface area contributed by atoms with Gasteiger partial charge < -0.3 is 9.62 Å². The molecule has 0 atom stereocenters. The number of likely N-dealkylation sites (N-methyl/N-ethyl adjacent to an activating group) is 1. The molecule has 0 fully saturated rings. The summed E-state index contributed by atoms with van der Waals surface area (Å²) in [5, 5.41) is 0. The summed E-state index contributed by atoms with van der Waals surface area (Å²) in [6.45, 7) is 3.56. The van der Waals surface area contributed by atoms with E-state index in [1.165, 1.54) is 17.7 Å². The monoisotopic (exact) mass is 412 g/mol. The van der Waals surface area contributed by atoms with Crippen LogP contribution in [-0.2, 0) is 23.0 Å². The highest BCUT2D eigenvalue weighted by Gasteiger charge is 2.32. The summed E-state index contributed by atoms with van der Waals surface area (Å²) in [6, 6.07) is 5.84. The van der Waals surface area contributed by atoms with E-state index in [-0.39, 0.29) is 12.4 Å². The van der Waals surface area contributed by atoms with E-state index in [1.54, 1.807) is 6.20 Å². The molecule has 0 unspecified atom stereocenters. The van der Waals surface area contributed by atoms with E-state index >= 15 is 0 Å². The molecule has 0 spiro atoms. The molecule has 0 aromatic heterocycles. The van der Waals surface area contributed by atoms with Gasteiger partial charge in [0.1, 0.15) is 4.91 Å². The van der Waals surface area contributed by atoms with Gasteiger partial charge in [-0.1, -0.05) is 12.1 Å². The minimum Gasteiger partial charge on any atom is -0.316 e. The van der Waals surface area contributed by atoms with E-state index in [0.29, 0.717) is 16.3 Å². The molecule has 0 amide bonds. The van der Waals surface area contributed by atoms with Crippen molar-refractivity contribution in [3.8, 4) is 0 Å². The number of halogens is 1. The minimum absolute atomic E-state index is 0. The molecular weight excluding hydrogens is 392 g/mol. The Morgan fingerprint density at radius 3 is 2.92 bits per heavy atom. The van der Waals surface area contributed by atoms with Crippen molar-refractivity contribution < 1.29 is 8.42 Å². The van der Waals surface area contributed by atoms with Crippen molar-refractivity contribution in [1.82, 2.24) is 13.9 Å². The molecule has 0 aliphatic carbocycles. The Hall–Kier alpha value is -1.61. The number of sulfonamides is 1. The summed E-state index contributed by atoms with van der Waals surface area (Å²) in [5.41, 5.74) is 4.32. The van der Waals surface area contributed by atoms with E-state index in [4.69, 9.17) is 0 Å². The number of fused-ring (bicyclic) bond motifs is 2. The molecule has 0 bridgehead atoms. The van der Waals surface area contributed by atoms with Crippen LogP contribution in [0.1, 0.15) is 18.1 Å². The summed E-state index contributed by atoms with van der Waals surface area (Å²) < 4.78 is 34.0. The SMILES string of the molecule is CC1=C(S(=O)(=O)Nc2cccc3c2CN(C)CC3)C2=CNSN2C=C1.Cl. The van der Waals surface area contributed by atoms with Gasteiger partial charge in [0, 0.05) is 25.5 Å². The molecule has 0 saturated carbocycles. The third-order valence-corrected chi connectivity index (χ3v) is 6.91. The third kappa shape index (κ3) is 3.34. The lowest BCUT2D eigenvalue weighted by molar-refractivity contribution is 0.313. The van der Waals surface area contributed by atoms with Crippen LogP contribution in [0, 0.1) is 0 Å². The van der Waals surface area contributed by atoms with Crippen molar-refractivity contribution in [2.45, 2.75) is 19.9 Å². The molecule has 0 saturated heterocycles. The van der Waals surface area contributed by atoms with Gasteiger partial charge in [0.25, 0.3) is 10.0 Å². The molecule has 3 aliphatic heterocycles. The predicted octanol–water partition coefficient (Wildman–Crippen LogP) is 2.95. The summed E-state index contributed by atoms with van der Waals surface area (Å²) in [6.07, 6.45) is 6.34. The lowest BCUT2D eigenvalue weighted by atomic mass is 9.99. The normalized spacial score (nSPS) is 19.3. The number of allylic oxidation sites excluding steroid dienone is 2. The number of nitrogens with zero attached hydrogens (tertiary/aromatic N) is 2. The fraction of sp³-hybridized carbons (Fsp3) is 0.294. The van der Waals surface area contributed by atoms with Gasteiger partial charge in [0.05, 0.1) is 23.5 Å². The molecule has 2 N–H and O–H groups in total. The van der Waals surface area contributed by atoms with Crippen LogP contribution in [0.15, 0.2) is 52.9 Å². The molecule has 9 heteroatoms. The van der Waals surface area contributed by atoms with Crippen molar-refractivity contribution in [3.63, 3.8) is 0 Å². The largest absolute Gasteiger partial charge is 0.316 e. The number of anilines is 1. The van der Waals surface area contributed by atoms with Crippen LogP contribution in [0.25, 0.3) is 0 Å². The summed E-state index contributed by atoms with van der Waals surface area (Å²) in [7, 11) is -1.64. The molecule has 140 valence electrons. The van der Waals surface area contributed by atoms with Crippen LogP contribution >= 0.6 is 24.5 Å². The molecular formula is C17H21ClN4O2S2. The summed E-state index contributed by atoms with van der Waals surface area (Å²) in [4.78, 5) is 2.52. The van der Waals surface area contributed by atoms with Gasteiger partial charge in [-0.15, -0.1) is 12.4 Å². The minimum atomic E-state index is -3.69. The Morgan fingerprint density at radius 2 is 2.12 bits per heavy atom. The maximum Gasteiger partial charge on any atom is 0.264 e. The van der Waals surface area contributed by atoms with Crippen molar-refractivity contribution in [2.75, 3.05) is 18.3 Å². The lowest BCUT2D eigenvalue weighted by Crippen LogP contribution is -2.29. The first-order chi connectivity index (χ1) is 12.0. The third-order valence-electron chi connectivity index (χ3n) is 4.61. The summed E-state index contributed by atoms with van der Waals surface area (Å²) in [5.74, 6) is 0. The van der Waals surface area contributed by atoms with Crippen LogP contribution in [0.2, 0.25) is 0 Å². The van der Waals surface area contributed by atoms with E-state index in [0.717, 1.165) is 30.6 Å². The average Bonchev–Trinajstić information content (AvgIpc) is 3.03. The first kappa shape index (κ1) is 19.2. The number of nitrogens with one attached hydrogen (secondary N) is 2. The van der Waals surface area contributed by atoms with Crippen molar-refractivity contribution >= 4 is 40.3 Å². The Bertz CT molecular complexity index is 925. The van der Waals surface area contributed by atoms with Gasteiger partial charge in [-0.05, 0) is 49.2 Å². The quantitative estimate of drug-likeness (QED) is 0.744. The van der Waals surface area contributed by atoms with Crippen LogP contribution in [0.4, 0.5) is 5.69 Å². The van der Waals surface area contributed by atoms with E-state index < -0.39 is 10.0 Å². The molecule has 4 rings (SSSR count). The van der Waals surface area contributed by atoms with E-state index in [1.807, 2.05) is 35.6 Å². The molecule has 6 nitrogen and oxygen atoms in total. The zero-order chi connectivity index (χ0) is 17.6. The molecule has 26 heavy (non-hydrogen) atoms. The Morgan fingerprint density at radius 1 is 1.31 bits per heavy atom. The Labute approximate surface area is 164 Å². The average molecular weight is 413 g/mol. The highest BCUT2D eigenvalue weighted by Crippen LogP contribution is 2.37. The number of rotatable bonds is 3. The van der Waals surface area contributed by atoms with Gasteiger partial charge >= 0.3 is 0 Å². The number of hydrogen-bond donors (Lipinski definition) is 2. The molecule has 1 aromatic rings. The Kier molecular flexibility index (Phi) is 5.30. The molecule has 1 aromatic carbocycles. The highest BCUT2D eigenvalue weighted by atomic mass is 35.5. The Balaban J connectivity index is 0.00000196. The first-order valence-corrected chi connectivity index (χ1v) is 10.3. The van der Waals surface area contributed by atoms with Crippen molar-refractivity contribution in [2.24, 2.45) is 0 Å². The van der Waals surface area contributed by atoms with Crippen LogP contribution in [-0.4, -0.2) is 31.2 Å². The second-order valence-electron chi connectivity index (χ2n) is 6.43. The zero-order valence-electron chi connectivity index (χ0n) is 14.5. The van der Waals surface area contributed by atoms with Gasteiger partial charge in [-0.3, -0.25) is 9.03 Å². The number of benzene rings is 1. The van der Waals surface area contributed by atoms with Crippen LogP contribution in [0.5, 0.6) is 0 Å². The van der Waals surface area contributed by atoms with Gasteiger partial charge in [0.15, 0.2) is 0 Å². The highest BCUT2D eigenvalue weighted by molar-refractivity contribution is 7.97. The fourth-order valence-electron chi connectivity index (χ4n) is 3.34. The second-order valence-corrected chi connectivity index (χ2v) is 8.86.